The monoisotopic (exact) mass is 228 g/mol. The van der Waals surface area contributed by atoms with Crippen molar-refractivity contribution >= 4 is 34.1 Å². The van der Waals surface area contributed by atoms with Crippen LogP contribution in [0.3, 0.4) is 0 Å². The van der Waals surface area contributed by atoms with Gasteiger partial charge in [0.25, 0.3) is 0 Å². The summed E-state index contributed by atoms with van der Waals surface area (Å²) in [5.41, 5.74) is 0. The molecule has 0 amide bonds. The number of rotatable bonds is 3. The van der Waals surface area contributed by atoms with Gasteiger partial charge in [-0.25, -0.2) is 0 Å². The second-order valence-electron chi connectivity index (χ2n) is 0.976. The Hall–Kier alpha value is -0.170. The summed E-state index contributed by atoms with van der Waals surface area (Å²) >= 11 is -1.81. The molecule has 0 aliphatic carbocycles. The van der Waals surface area contributed by atoms with E-state index in [-0.39, 0.29) is 0 Å². The van der Waals surface area contributed by atoms with Crippen molar-refractivity contribution < 1.29 is 0 Å². The predicted molar refractivity (Wildman–Crippen MR) is 45.1 cm³/mol. The maximum absolute atomic E-state index is 5.45. The number of hydrogen-bond donors (Lipinski definition) is 1. The molecule has 4 nitrogen and oxygen atoms in total. The third-order valence-corrected chi connectivity index (χ3v) is 3.00. The van der Waals surface area contributed by atoms with Gasteiger partial charge in [0.15, 0.2) is 0 Å². The molecule has 0 heterocycles. The summed E-state index contributed by atoms with van der Waals surface area (Å²) in [7, 11) is 1.74. The van der Waals surface area contributed by atoms with Crippen LogP contribution in [0, 0.1) is 0 Å². The topological polar surface area (TPSA) is 54.0 Å². The minimum absolute atomic E-state index is 1.57. The molecule has 0 rings (SSSR count). The normalized spacial score (nSPS) is 10.0. The van der Waals surface area contributed by atoms with Gasteiger partial charge in [0.1, 0.15) is 0 Å². The first kappa shape index (κ1) is 7.83. The van der Waals surface area contributed by atoms with Crippen molar-refractivity contribution in [3.8, 4) is 0 Å². The average molecular weight is 228 g/mol. The molecule has 0 atom stereocenters. The zero-order chi connectivity index (χ0) is 6.57. The molecule has 0 unspecified atom stereocenters. The van der Waals surface area contributed by atoms with Gasteiger partial charge in [0.2, 0.25) is 0 Å². The van der Waals surface area contributed by atoms with Crippen LogP contribution in [0.2, 0.25) is 0 Å². The van der Waals surface area contributed by atoms with Crippen molar-refractivity contribution in [1.29, 1.82) is 0 Å². The van der Waals surface area contributed by atoms with Crippen LogP contribution in [0.15, 0.2) is 8.31 Å². The van der Waals surface area contributed by atoms with E-state index in [0.29, 0.717) is 0 Å². The zero-order valence-corrected chi connectivity index (χ0v) is 6.87. The van der Waals surface area contributed by atoms with Gasteiger partial charge in [0.05, 0.1) is 0 Å². The van der Waals surface area contributed by atoms with Crippen molar-refractivity contribution in [3.05, 3.63) is 0 Å². The SMILES string of the molecule is C=NN(C)I(N)N=C. The van der Waals surface area contributed by atoms with E-state index in [0.717, 1.165) is 0 Å². The van der Waals surface area contributed by atoms with Crippen molar-refractivity contribution in [2.75, 3.05) is 7.05 Å². The van der Waals surface area contributed by atoms with Crippen LogP contribution >= 0.6 is 20.6 Å². The molecule has 0 bridgehead atoms. The molecule has 0 aliphatic heterocycles. The molecule has 0 saturated heterocycles. The second-order valence-corrected chi connectivity index (χ2v) is 4.60. The summed E-state index contributed by atoms with van der Waals surface area (Å²) in [6.45, 7) is 6.57. The fourth-order valence-electron chi connectivity index (χ4n) is 0.132. The predicted octanol–water partition coefficient (Wildman–Crippen LogP) is 0.445. The first-order chi connectivity index (χ1) is 3.72. The van der Waals surface area contributed by atoms with Crippen LogP contribution in [0.1, 0.15) is 0 Å². The molecular formula is C3H9IN4. The van der Waals surface area contributed by atoms with E-state index in [4.69, 9.17) is 3.95 Å². The van der Waals surface area contributed by atoms with Gasteiger partial charge >= 0.3 is 56.6 Å². The van der Waals surface area contributed by atoms with E-state index >= 15 is 0 Å². The summed E-state index contributed by atoms with van der Waals surface area (Å²) in [6, 6.07) is 0. The molecule has 0 aliphatic rings. The number of nitrogens with zero attached hydrogens (tertiary/aromatic N) is 3. The Morgan fingerprint density at radius 2 is 2.12 bits per heavy atom. The van der Waals surface area contributed by atoms with Crippen LogP contribution < -0.4 is 3.95 Å². The first-order valence-corrected chi connectivity index (χ1v) is 5.01. The number of hydrazone groups is 1. The van der Waals surface area contributed by atoms with E-state index < -0.39 is 20.6 Å². The van der Waals surface area contributed by atoms with Crippen LogP contribution in [0.4, 0.5) is 0 Å². The van der Waals surface area contributed by atoms with Crippen molar-refractivity contribution in [2.24, 2.45) is 12.3 Å². The summed E-state index contributed by atoms with van der Waals surface area (Å²) in [5.74, 6) is 0. The first-order valence-electron chi connectivity index (χ1n) is 1.84. The summed E-state index contributed by atoms with van der Waals surface area (Å²) in [4.78, 5) is 0. The molecule has 0 spiro atoms. The molecule has 0 aromatic rings. The number of halogens is 1. The zero-order valence-electron chi connectivity index (χ0n) is 4.71. The van der Waals surface area contributed by atoms with Crippen molar-refractivity contribution in [1.82, 2.24) is 3.22 Å². The van der Waals surface area contributed by atoms with Gasteiger partial charge in [0, 0.05) is 0 Å². The van der Waals surface area contributed by atoms with Gasteiger partial charge in [-0.05, 0) is 0 Å². The molecule has 0 saturated carbocycles. The molecule has 0 aromatic carbocycles. The Bertz CT molecular complexity index is 81.3. The summed E-state index contributed by atoms with van der Waals surface area (Å²) in [5, 5.41) is 3.55. The van der Waals surface area contributed by atoms with Crippen LogP contribution in [0.25, 0.3) is 0 Å². The maximum atomic E-state index is 5.45. The fraction of sp³-hybridized carbons (Fsp3) is 0.333. The Kier molecular flexibility index (Phi) is 3.71. The Morgan fingerprint density at radius 1 is 1.62 bits per heavy atom. The second kappa shape index (κ2) is 3.79. The quantitative estimate of drug-likeness (QED) is 0.330. The van der Waals surface area contributed by atoms with Gasteiger partial charge in [-0.15, -0.1) is 0 Å². The Morgan fingerprint density at radius 3 is 2.25 bits per heavy atom. The van der Waals surface area contributed by atoms with E-state index in [2.05, 4.69) is 21.7 Å². The molecule has 0 radical (unpaired) electrons. The molecular weight excluding hydrogens is 219 g/mol. The molecule has 5 heteroatoms. The third-order valence-electron chi connectivity index (χ3n) is 0.568. The van der Waals surface area contributed by atoms with Gasteiger partial charge in [-0.2, -0.15) is 0 Å². The molecule has 8 heavy (non-hydrogen) atoms. The van der Waals surface area contributed by atoms with Crippen LogP contribution in [-0.2, 0) is 0 Å². The van der Waals surface area contributed by atoms with Crippen LogP contribution in [-0.4, -0.2) is 23.7 Å². The summed E-state index contributed by atoms with van der Waals surface area (Å²) < 4.78 is 10.6. The van der Waals surface area contributed by atoms with Gasteiger partial charge in [-0.3, -0.25) is 0 Å². The molecule has 0 aromatic heterocycles. The number of hydrogen-bond acceptors (Lipinski definition) is 4. The Labute approximate surface area is 56.9 Å². The van der Waals surface area contributed by atoms with E-state index in [1.54, 1.807) is 10.3 Å². The Balaban J connectivity index is 3.60. The third kappa shape index (κ3) is 2.22. The van der Waals surface area contributed by atoms with E-state index in [1.165, 1.54) is 0 Å². The van der Waals surface area contributed by atoms with Gasteiger partial charge < -0.3 is 0 Å². The van der Waals surface area contributed by atoms with Crippen LogP contribution in [0.5, 0.6) is 0 Å². The van der Waals surface area contributed by atoms with E-state index in [1.807, 2.05) is 0 Å². The molecule has 48 valence electrons. The molecule has 0 fully saturated rings. The standard InChI is InChI=1S/C3H9IN4/c1-6-4(5)8(3)7-2/h1-2,5H2,3H3. The van der Waals surface area contributed by atoms with Gasteiger partial charge in [-0.1, -0.05) is 0 Å². The van der Waals surface area contributed by atoms with Crippen molar-refractivity contribution in [2.45, 2.75) is 0 Å². The van der Waals surface area contributed by atoms with E-state index in [9.17, 15) is 0 Å². The average Bonchev–Trinajstić information content (AvgIpc) is 1.84. The fourth-order valence-corrected chi connectivity index (χ4v) is 0.886. The molecule has 2 N–H and O–H groups in total. The van der Waals surface area contributed by atoms with Crippen molar-refractivity contribution in [3.63, 3.8) is 0 Å². The minimum atomic E-state index is -1.81. The number of nitrogens with two attached hydrogens (primary N) is 1. The summed E-state index contributed by atoms with van der Waals surface area (Å²) in [6.07, 6.45) is 0.